The van der Waals surface area contributed by atoms with E-state index in [1.165, 1.54) is 4.31 Å². The fourth-order valence-electron chi connectivity index (χ4n) is 2.66. The number of nitrogens with one attached hydrogen (secondary N) is 1. The maximum Gasteiger partial charge on any atom is 0.243 e. The lowest BCUT2D eigenvalue weighted by atomic mass is 10.0. The van der Waals surface area contributed by atoms with Crippen molar-refractivity contribution in [3.8, 4) is 0 Å². The van der Waals surface area contributed by atoms with Crippen LogP contribution in [0.25, 0.3) is 0 Å². The molecule has 150 valence electrons. The average Bonchev–Trinajstić information content (AvgIpc) is 2.55. The zero-order valence-electron chi connectivity index (χ0n) is 16.2. The van der Waals surface area contributed by atoms with E-state index in [0.29, 0.717) is 25.4 Å². The molecule has 1 unspecified atom stereocenters. The molecule has 0 aliphatic carbocycles. The van der Waals surface area contributed by atoms with Crippen LogP contribution in [0.15, 0.2) is 29.2 Å². The molecule has 1 rings (SSSR count). The summed E-state index contributed by atoms with van der Waals surface area (Å²) in [5.41, 5.74) is 6.73. The van der Waals surface area contributed by atoms with Crippen molar-refractivity contribution in [2.75, 3.05) is 13.1 Å². The van der Waals surface area contributed by atoms with E-state index in [4.69, 9.17) is 5.73 Å². The molecule has 26 heavy (non-hydrogen) atoms. The van der Waals surface area contributed by atoms with Crippen LogP contribution in [0, 0.1) is 5.92 Å². The van der Waals surface area contributed by atoms with Gasteiger partial charge in [0.25, 0.3) is 0 Å². The molecule has 1 aromatic rings. The van der Waals surface area contributed by atoms with Crippen molar-refractivity contribution in [1.29, 1.82) is 0 Å². The summed E-state index contributed by atoms with van der Waals surface area (Å²) in [5.74, 6) is 0.154. The van der Waals surface area contributed by atoms with Gasteiger partial charge in [0.05, 0.1) is 17.0 Å². The van der Waals surface area contributed by atoms with Gasteiger partial charge < -0.3 is 11.1 Å². The molecule has 6 nitrogen and oxygen atoms in total. The molecular weight excluding hydrogens is 374 g/mol. The summed E-state index contributed by atoms with van der Waals surface area (Å²) in [4.78, 5) is 12.4. The summed E-state index contributed by atoms with van der Waals surface area (Å²) in [6.45, 7) is 10.4. The largest absolute Gasteiger partial charge is 0.348 e. The molecule has 8 heteroatoms. The molecule has 3 N–H and O–H groups in total. The van der Waals surface area contributed by atoms with E-state index in [2.05, 4.69) is 5.32 Å². The van der Waals surface area contributed by atoms with Gasteiger partial charge in [0.15, 0.2) is 0 Å². The highest BCUT2D eigenvalue weighted by Gasteiger charge is 2.22. The first-order chi connectivity index (χ1) is 11.6. The summed E-state index contributed by atoms with van der Waals surface area (Å²) in [6.07, 6.45) is 0.625. The van der Waals surface area contributed by atoms with Crippen molar-refractivity contribution in [2.45, 2.75) is 58.0 Å². The Balaban J connectivity index is 0.00000625. The molecule has 0 saturated carbocycles. The van der Waals surface area contributed by atoms with Crippen molar-refractivity contribution in [1.82, 2.24) is 9.62 Å². The van der Waals surface area contributed by atoms with Crippen LogP contribution in [-0.2, 0) is 14.8 Å². The molecular formula is C18H32ClN3O3S. The van der Waals surface area contributed by atoms with Crippen molar-refractivity contribution in [3.63, 3.8) is 0 Å². The maximum atomic E-state index is 12.5. The summed E-state index contributed by atoms with van der Waals surface area (Å²) >= 11 is 0. The zero-order valence-corrected chi connectivity index (χ0v) is 17.9. The molecule has 0 saturated heterocycles. The van der Waals surface area contributed by atoms with Crippen molar-refractivity contribution in [3.05, 3.63) is 29.8 Å². The predicted molar refractivity (Wildman–Crippen MR) is 108 cm³/mol. The van der Waals surface area contributed by atoms with Crippen molar-refractivity contribution in [2.24, 2.45) is 11.7 Å². The third-order valence-electron chi connectivity index (χ3n) is 4.14. The zero-order chi connectivity index (χ0) is 19.2. The highest BCUT2D eigenvalue weighted by Crippen LogP contribution is 2.19. The number of benzene rings is 1. The van der Waals surface area contributed by atoms with Gasteiger partial charge in [-0.2, -0.15) is 4.31 Å². The maximum absolute atomic E-state index is 12.5. The quantitative estimate of drug-likeness (QED) is 0.660. The average molecular weight is 406 g/mol. The number of nitrogens with two attached hydrogens (primary N) is 1. The van der Waals surface area contributed by atoms with Gasteiger partial charge in [-0.3, -0.25) is 4.79 Å². The topological polar surface area (TPSA) is 92.5 Å². The highest BCUT2D eigenvalue weighted by molar-refractivity contribution is 7.89. The van der Waals surface area contributed by atoms with Gasteiger partial charge in [0.1, 0.15) is 0 Å². The Bertz CT molecular complexity index is 659. The number of carbonyl (C=O) groups is 1. The van der Waals surface area contributed by atoms with E-state index in [-0.39, 0.29) is 29.3 Å². The summed E-state index contributed by atoms with van der Waals surface area (Å²) < 4.78 is 26.4. The Morgan fingerprint density at radius 1 is 1.12 bits per heavy atom. The highest BCUT2D eigenvalue weighted by atomic mass is 35.5. The Hall–Kier alpha value is -1.15. The molecule has 0 bridgehead atoms. The lowest BCUT2D eigenvalue weighted by molar-refractivity contribution is -0.123. The molecule has 0 fully saturated rings. The van der Waals surface area contributed by atoms with E-state index in [0.717, 1.165) is 5.56 Å². The van der Waals surface area contributed by atoms with E-state index < -0.39 is 16.1 Å². The summed E-state index contributed by atoms with van der Waals surface area (Å²) in [7, 11) is -3.47. The molecule has 0 spiro atoms. The Morgan fingerprint density at radius 3 is 2.04 bits per heavy atom. The smallest absolute Gasteiger partial charge is 0.243 e. The van der Waals surface area contributed by atoms with Gasteiger partial charge in [-0.15, -0.1) is 12.4 Å². The van der Waals surface area contributed by atoms with Gasteiger partial charge in [0.2, 0.25) is 15.9 Å². The van der Waals surface area contributed by atoms with Crippen LogP contribution in [0.2, 0.25) is 0 Å². The molecule has 0 heterocycles. The van der Waals surface area contributed by atoms with Crippen LogP contribution in [0.1, 0.15) is 52.6 Å². The Labute approximate surface area is 164 Å². The third-order valence-corrected chi connectivity index (χ3v) is 6.21. The molecule has 1 aromatic carbocycles. The standard InChI is InChI=1S/C18H31N3O3S.ClH/c1-6-21(7-2)25(23,24)16-10-8-15(9-11-16)14(5)20-18(22)17(19)12-13(3)4;/h8-11,13-14,17H,6-7,12,19H2,1-5H3,(H,20,22);1H/t14?,17-;/m0./s1. The second kappa shape index (κ2) is 10.9. The minimum Gasteiger partial charge on any atom is -0.348 e. The fourth-order valence-corrected chi connectivity index (χ4v) is 4.12. The molecule has 0 radical (unpaired) electrons. The number of rotatable bonds is 9. The second-order valence-corrected chi connectivity index (χ2v) is 8.56. The van der Waals surface area contributed by atoms with Crippen LogP contribution < -0.4 is 11.1 Å². The number of sulfonamides is 1. The van der Waals surface area contributed by atoms with Gasteiger partial charge >= 0.3 is 0 Å². The molecule has 2 atom stereocenters. The van der Waals surface area contributed by atoms with Gasteiger partial charge in [-0.05, 0) is 37.0 Å². The van der Waals surface area contributed by atoms with Crippen LogP contribution in [-0.4, -0.2) is 37.8 Å². The second-order valence-electron chi connectivity index (χ2n) is 6.62. The van der Waals surface area contributed by atoms with Crippen molar-refractivity contribution < 1.29 is 13.2 Å². The number of nitrogens with zero attached hydrogens (tertiary/aromatic N) is 1. The number of amides is 1. The van der Waals surface area contributed by atoms with E-state index in [1.807, 2.05) is 34.6 Å². The monoisotopic (exact) mass is 405 g/mol. The molecule has 0 aliphatic heterocycles. The summed E-state index contributed by atoms with van der Waals surface area (Å²) in [5, 5.41) is 2.88. The van der Waals surface area contributed by atoms with E-state index in [1.54, 1.807) is 24.3 Å². The lowest BCUT2D eigenvalue weighted by Gasteiger charge is -2.20. The first kappa shape index (κ1) is 24.8. The lowest BCUT2D eigenvalue weighted by Crippen LogP contribution is -2.42. The third kappa shape index (κ3) is 6.54. The molecule has 0 aliphatic rings. The van der Waals surface area contributed by atoms with Crippen LogP contribution >= 0.6 is 12.4 Å². The first-order valence-electron chi connectivity index (χ1n) is 8.79. The van der Waals surface area contributed by atoms with Gasteiger partial charge in [0, 0.05) is 13.1 Å². The Morgan fingerprint density at radius 2 is 1.62 bits per heavy atom. The predicted octanol–water partition coefficient (Wildman–Crippen LogP) is 2.69. The van der Waals surface area contributed by atoms with E-state index in [9.17, 15) is 13.2 Å². The SMILES string of the molecule is CCN(CC)S(=O)(=O)c1ccc(C(C)NC(=O)[C@@H](N)CC(C)C)cc1.Cl. The number of carbonyl (C=O) groups excluding carboxylic acids is 1. The minimum atomic E-state index is -3.47. The number of halogens is 1. The first-order valence-corrected chi connectivity index (χ1v) is 10.2. The summed E-state index contributed by atoms with van der Waals surface area (Å²) in [6, 6.07) is 5.85. The van der Waals surface area contributed by atoms with E-state index >= 15 is 0 Å². The fraction of sp³-hybridized carbons (Fsp3) is 0.611. The minimum absolute atomic E-state index is 0. The Kier molecular flexibility index (Phi) is 10.4. The normalized spacial score (nSPS) is 14.0. The number of hydrogen-bond acceptors (Lipinski definition) is 4. The number of hydrogen-bond donors (Lipinski definition) is 2. The molecule has 0 aromatic heterocycles. The van der Waals surface area contributed by atoms with Crippen LogP contribution in [0.4, 0.5) is 0 Å². The van der Waals surface area contributed by atoms with Gasteiger partial charge in [-0.1, -0.05) is 39.8 Å². The van der Waals surface area contributed by atoms with Crippen molar-refractivity contribution >= 4 is 28.3 Å². The van der Waals surface area contributed by atoms with Crippen LogP contribution in [0.5, 0.6) is 0 Å². The van der Waals surface area contributed by atoms with Gasteiger partial charge in [-0.25, -0.2) is 8.42 Å². The van der Waals surface area contributed by atoms with Crippen LogP contribution in [0.3, 0.4) is 0 Å². The molecule has 1 amide bonds.